The van der Waals surface area contributed by atoms with E-state index in [0.29, 0.717) is 19.4 Å². The number of benzene rings is 1. The van der Waals surface area contributed by atoms with E-state index in [-0.39, 0.29) is 12.8 Å². The van der Waals surface area contributed by atoms with E-state index in [2.05, 4.69) is 16.0 Å². The molecule has 0 radical (unpaired) electrons. The molecule has 0 bridgehead atoms. The number of carboxylic acids is 2. The van der Waals surface area contributed by atoms with E-state index < -0.39 is 72.6 Å². The van der Waals surface area contributed by atoms with Crippen LogP contribution in [0.2, 0.25) is 0 Å². The average Bonchev–Trinajstić information content (AvgIpc) is 2.82. The molecular weight excluding hydrogens is 488 g/mol. The van der Waals surface area contributed by atoms with Crippen molar-refractivity contribution in [3.63, 3.8) is 0 Å². The van der Waals surface area contributed by atoms with Crippen LogP contribution in [0.15, 0.2) is 30.3 Å². The molecule has 4 atom stereocenters. The summed E-state index contributed by atoms with van der Waals surface area (Å²) in [7, 11) is 0. The molecule has 204 valence electrons. The van der Waals surface area contributed by atoms with E-state index in [1.807, 2.05) is 0 Å². The van der Waals surface area contributed by atoms with Gasteiger partial charge in [-0.3, -0.25) is 24.0 Å². The van der Waals surface area contributed by atoms with E-state index >= 15 is 0 Å². The minimum absolute atomic E-state index is 0.0267. The number of rotatable bonds is 17. The number of carboxylic acid groups (broad SMARTS) is 2. The molecule has 14 heteroatoms. The van der Waals surface area contributed by atoms with Gasteiger partial charge in [-0.25, -0.2) is 4.79 Å². The Bertz CT molecular complexity index is 958. The van der Waals surface area contributed by atoms with Crippen molar-refractivity contribution >= 4 is 35.6 Å². The summed E-state index contributed by atoms with van der Waals surface area (Å²) in [4.78, 5) is 72.1. The number of unbranched alkanes of at least 4 members (excludes halogenated alkanes) is 1. The highest BCUT2D eigenvalue weighted by atomic mass is 16.4. The second kappa shape index (κ2) is 15.9. The fourth-order valence-corrected chi connectivity index (χ4v) is 3.33. The van der Waals surface area contributed by atoms with Gasteiger partial charge in [-0.2, -0.15) is 0 Å². The zero-order valence-electron chi connectivity index (χ0n) is 20.2. The van der Waals surface area contributed by atoms with Gasteiger partial charge in [0.25, 0.3) is 0 Å². The fraction of sp³-hybridized carbons (Fsp3) is 0.478. The SMILES string of the molecule is NCCCCC(NC(=O)C(CC(=O)O)NC(=O)C(N)Cc1ccccc1)C(=O)NC(CC(N)=O)C(=O)O. The summed E-state index contributed by atoms with van der Waals surface area (Å²) in [6.45, 7) is 0.290. The quantitative estimate of drug-likeness (QED) is 0.100. The zero-order valence-corrected chi connectivity index (χ0v) is 20.2. The third-order valence-electron chi connectivity index (χ3n) is 5.25. The molecule has 4 amide bonds. The van der Waals surface area contributed by atoms with Crippen molar-refractivity contribution in [3.8, 4) is 0 Å². The maximum absolute atomic E-state index is 12.9. The molecule has 14 nitrogen and oxygen atoms in total. The number of hydrogen-bond acceptors (Lipinski definition) is 8. The van der Waals surface area contributed by atoms with Crippen LogP contribution in [-0.2, 0) is 35.2 Å². The van der Waals surface area contributed by atoms with Crippen molar-refractivity contribution in [3.05, 3.63) is 35.9 Å². The van der Waals surface area contributed by atoms with Crippen molar-refractivity contribution < 1.29 is 39.0 Å². The maximum Gasteiger partial charge on any atom is 0.326 e. The maximum atomic E-state index is 12.9. The molecule has 0 spiro atoms. The first-order valence-corrected chi connectivity index (χ1v) is 11.6. The topological polar surface area (TPSA) is 257 Å². The van der Waals surface area contributed by atoms with Crippen LogP contribution in [0.5, 0.6) is 0 Å². The lowest BCUT2D eigenvalue weighted by Gasteiger charge is -2.24. The van der Waals surface area contributed by atoms with E-state index in [1.54, 1.807) is 30.3 Å². The number of primary amides is 1. The van der Waals surface area contributed by atoms with Crippen molar-refractivity contribution in [2.24, 2.45) is 17.2 Å². The first-order chi connectivity index (χ1) is 17.4. The lowest BCUT2D eigenvalue weighted by molar-refractivity contribution is -0.144. The van der Waals surface area contributed by atoms with Crippen LogP contribution in [0.25, 0.3) is 0 Å². The van der Waals surface area contributed by atoms with Gasteiger partial charge in [0.05, 0.1) is 18.9 Å². The third-order valence-corrected chi connectivity index (χ3v) is 5.25. The number of hydrogen-bond donors (Lipinski definition) is 8. The number of carbonyl (C=O) groups is 6. The number of nitrogens with two attached hydrogens (primary N) is 3. The minimum atomic E-state index is -1.63. The van der Waals surface area contributed by atoms with Gasteiger partial charge in [-0.05, 0) is 37.8 Å². The van der Waals surface area contributed by atoms with Crippen molar-refractivity contribution in [1.82, 2.24) is 16.0 Å². The van der Waals surface area contributed by atoms with Gasteiger partial charge >= 0.3 is 11.9 Å². The molecule has 0 heterocycles. The van der Waals surface area contributed by atoms with Crippen LogP contribution in [0.3, 0.4) is 0 Å². The highest BCUT2D eigenvalue weighted by Crippen LogP contribution is 2.06. The Morgan fingerprint density at radius 1 is 0.784 bits per heavy atom. The Balaban J connectivity index is 2.98. The second-order valence-corrected chi connectivity index (χ2v) is 8.37. The first-order valence-electron chi connectivity index (χ1n) is 11.6. The standard InChI is InChI=1S/C23H34N6O8/c24-9-5-4-8-15(21(34)29-17(23(36)37)11-18(26)30)27-22(35)16(12-19(31)32)28-20(33)14(25)10-13-6-2-1-3-7-13/h1-3,6-7,14-17H,4-5,8-12,24-25H2,(H2,26,30)(H,27,35)(H,28,33)(H,29,34)(H,31,32)(H,36,37). The summed E-state index contributed by atoms with van der Waals surface area (Å²) in [5.74, 6) is -6.57. The predicted molar refractivity (Wildman–Crippen MR) is 131 cm³/mol. The third kappa shape index (κ3) is 12.0. The monoisotopic (exact) mass is 522 g/mol. The van der Waals surface area contributed by atoms with Crippen LogP contribution in [0.4, 0.5) is 0 Å². The molecule has 0 saturated heterocycles. The fourth-order valence-electron chi connectivity index (χ4n) is 3.33. The zero-order chi connectivity index (χ0) is 28.0. The summed E-state index contributed by atoms with van der Waals surface area (Å²) >= 11 is 0. The van der Waals surface area contributed by atoms with Gasteiger partial charge < -0.3 is 43.4 Å². The van der Waals surface area contributed by atoms with Crippen LogP contribution in [-0.4, -0.2) is 76.5 Å². The molecule has 1 aromatic rings. The summed E-state index contributed by atoms with van der Waals surface area (Å²) < 4.78 is 0. The Morgan fingerprint density at radius 3 is 1.89 bits per heavy atom. The Morgan fingerprint density at radius 2 is 1.35 bits per heavy atom. The average molecular weight is 523 g/mol. The van der Waals surface area contributed by atoms with Crippen LogP contribution in [0, 0.1) is 0 Å². The molecule has 0 aliphatic carbocycles. The normalized spacial score (nSPS) is 13.9. The molecule has 37 heavy (non-hydrogen) atoms. The summed E-state index contributed by atoms with van der Waals surface area (Å²) in [6.07, 6.45) is -0.478. The molecule has 0 aliphatic heterocycles. The lowest BCUT2D eigenvalue weighted by atomic mass is 10.0. The summed E-state index contributed by atoms with van der Waals surface area (Å²) in [5, 5.41) is 25.3. The van der Waals surface area contributed by atoms with Gasteiger partial charge in [0.15, 0.2) is 0 Å². The van der Waals surface area contributed by atoms with Gasteiger partial charge in [-0.1, -0.05) is 30.3 Å². The number of aliphatic carboxylic acids is 2. The van der Waals surface area contributed by atoms with Crippen LogP contribution >= 0.6 is 0 Å². The number of nitrogens with one attached hydrogen (secondary N) is 3. The molecule has 0 aliphatic rings. The summed E-state index contributed by atoms with van der Waals surface area (Å²) in [6, 6.07) is 3.21. The van der Waals surface area contributed by atoms with E-state index in [0.717, 1.165) is 5.56 Å². The molecule has 11 N–H and O–H groups in total. The largest absolute Gasteiger partial charge is 0.481 e. The predicted octanol–water partition coefficient (Wildman–Crippen LogP) is -2.43. The number of carbonyl (C=O) groups excluding carboxylic acids is 4. The molecule has 1 rings (SSSR count). The van der Waals surface area contributed by atoms with Gasteiger partial charge in [-0.15, -0.1) is 0 Å². The van der Waals surface area contributed by atoms with Gasteiger partial charge in [0.1, 0.15) is 18.1 Å². The van der Waals surface area contributed by atoms with E-state index in [1.165, 1.54) is 0 Å². The smallest absolute Gasteiger partial charge is 0.326 e. The molecule has 0 saturated carbocycles. The van der Waals surface area contributed by atoms with Crippen molar-refractivity contribution in [2.75, 3.05) is 6.54 Å². The van der Waals surface area contributed by atoms with Crippen LogP contribution in [0.1, 0.15) is 37.7 Å². The van der Waals surface area contributed by atoms with Crippen molar-refractivity contribution in [1.29, 1.82) is 0 Å². The van der Waals surface area contributed by atoms with E-state index in [9.17, 15) is 39.0 Å². The van der Waals surface area contributed by atoms with Crippen LogP contribution < -0.4 is 33.2 Å². The highest BCUT2D eigenvalue weighted by Gasteiger charge is 2.31. The van der Waals surface area contributed by atoms with Crippen molar-refractivity contribution in [2.45, 2.75) is 62.7 Å². The first kappa shape index (κ1) is 31.0. The molecule has 0 aromatic heterocycles. The second-order valence-electron chi connectivity index (χ2n) is 8.37. The molecule has 0 fully saturated rings. The minimum Gasteiger partial charge on any atom is -0.481 e. The van der Waals surface area contributed by atoms with Gasteiger partial charge in [0, 0.05) is 0 Å². The molecule has 4 unspecified atom stereocenters. The molecule has 1 aromatic carbocycles. The Labute approximate surface area is 213 Å². The Kier molecular flexibility index (Phi) is 13.3. The lowest BCUT2D eigenvalue weighted by Crippen LogP contribution is -2.57. The van der Waals surface area contributed by atoms with Gasteiger partial charge in [0.2, 0.25) is 23.6 Å². The molecular formula is C23H34N6O8. The summed E-state index contributed by atoms with van der Waals surface area (Å²) in [5.41, 5.74) is 17.2. The van der Waals surface area contributed by atoms with E-state index in [4.69, 9.17) is 17.2 Å². The highest BCUT2D eigenvalue weighted by molar-refractivity contribution is 5.96. The Hall–Kier alpha value is -4.04. The number of amides is 4.